The van der Waals surface area contributed by atoms with Crippen molar-refractivity contribution in [3.8, 4) is 0 Å². The highest BCUT2D eigenvalue weighted by atomic mass is 19.3. The van der Waals surface area contributed by atoms with Gasteiger partial charge in [0, 0.05) is 5.57 Å². The molecule has 0 saturated heterocycles. The van der Waals surface area contributed by atoms with E-state index in [0.717, 1.165) is 19.3 Å². The lowest BCUT2D eigenvalue weighted by Crippen LogP contribution is -1.82. The molecule has 0 radical (unpaired) electrons. The van der Waals surface area contributed by atoms with Gasteiger partial charge in [-0.3, -0.25) is 0 Å². The van der Waals surface area contributed by atoms with Gasteiger partial charge in [0.1, 0.15) is 0 Å². The number of rotatable bonds is 5. The summed E-state index contributed by atoms with van der Waals surface area (Å²) in [7, 11) is 0. The van der Waals surface area contributed by atoms with Gasteiger partial charge in [-0.25, -0.2) is 0 Å². The molecule has 16 heavy (non-hydrogen) atoms. The van der Waals surface area contributed by atoms with Crippen molar-refractivity contribution in [3.63, 3.8) is 0 Å². The fourth-order valence-electron chi connectivity index (χ4n) is 1.41. The van der Waals surface area contributed by atoms with Gasteiger partial charge in [0.25, 0.3) is 6.08 Å². The highest BCUT2D eigenvalue weighted by Gasteiger charge is 2.04. The van der Waals surface area contributed by atoms with Crippen LogP contribution in [0.3, 0.4) is 0 Å². The van der Waals surface area contributed by atoms with Gasteiger partial charge in [-0.2, -0.15) is 8.78 Å². The Labute approximate surface area is 95.3 Å². The van der Waals surface area contributed by atoms with E-state index in [0.29, 0.717) is 5.56 Å². The molecule has 0 N–H and O–H groups in total. The molecule has 0 aromatic heterocycles. The summed E-state index contributed by atoms with van der Waals surface area (Å²) >= 11 is 0. The third kappa shape index (κ3) is 3.97. The van der Waals surface area contributed by atoms with E-state index in [4.69, 9.17) is 0 Å². The standard InChI is InChI=1S/C14H16F2/c1-2-3-4-8-11-13(14(15)16)12-9-6-5-7-10-12/h5-11H,2-4H2,1H3/b11-8+. The molecule has 0 spiro atoms. The van der Waals surface area contributed by atoms with Gasteiger partial charge in [-0.05, 0) is 12.0 Å². The van der Waals surface area contributed by atoms with Crippen molar-refractivity contribution >= 4 is 5.57 Å². The maximum atomic E-state index is 12.7. The second-order valence-electron chi connectivity index (χ2n) is 3.58. The van der Waals surface area contributed by atoms with Gasteiger partial charge < -0.3 is 0 Å². The van der Waals surface area contributed by atoms with Crippen molar-refractivity contribution < 1.29 is 8.78 Å². The minimum absolute atomic E-state index is 0.0247. The minimum Gasteiger partial charge on any atom is -0.173 e. The summed E-state index contributed by atoms with van der Waals surface area (Å²) in [6.07, 6.45) is 4.66. The maximum Gasteiger partial charge on any atom is 0.278 e. The third-order valence-corrected chi connectivity index (χ3v) is 2.30. The Balaban J connectivity index is 2.79. The van der Waals surface area contributed by atoms with Crippen LogP contribution in [0.4, 0.5) is 8.78 Å². The predicted molar refractivity (Wildman–Crippen MR) is 64.2 cm³/mol. The Morgan fingerprint density at radius 1 is 1.19 bits per heavy atom. The van der Waals surface area contributed by atoms with Gasteiger partial charge in [0.2, 0.25) is 0 Å². The Morgan fingerprint density at radius 2 is 1.88 bits per heavy atom. The summed E-state index contributed by atoms with van der Waals surface area (Å²) in [6.45, 7) is 2.08. The van der Waals surface area contributed by atoms with E-state index in [2.05, 4.69) is 6.92 Å². The van der Waals surface area contributed by atoms with Crippen LogP contribution in [0, 0.1) is 0 Å². The Morgan fingerprint density at radius 3 is 2.44 bits per heavy atom. The van der Waals surface area contributed by atoms with Crippen LogP contribution in [0.1, 0.15) is 31.7 Å². The van der Waals surface area contributed by atoms with Gasteiger partial charge >= 0.3 is 0 Å². The van der Waals surface area contributed by atoms with E-state index in [-0.39, 0.29) is 5.57 Å². The number of benzene rings is 1. The highest BCUT2D eigenvalue weighted by Crippen LogP contribution is 2.22. The van der Waals surface area contributed by atoms with Crippen LogP contribution in [0.25, 0.3) is 5.57 Å². The van der Waals surface area contributed by atoms with Crippen molar-refractivity contribution in [1.82, 2.24) is 0 Å². The van der Waals surface area contributed by atoms with E-state index < -0.39 is 6.08 Å². The van der Waals surface area contributed by atoms with E-state index in [1.54, 1.807) is 24.3 Å². The molecular formula is C14H16F2. The zero-order valence-electron chi connectivity index (χ0n) is 9.42. The summed E-state index contributed by atoms with van der Waals surface area (Å²) in [6, 6.07) is 8.73. The van der Waals surface area contributed by atoms with Crippen LogP contribution >= 0.6 is 0 Å². The van der Waals surface area contributed by atoms with Crippen molar-refractivity contribution in [1.29, 1.82) is 0 Å². The molecule has 0 bridgehead atoms. The number of halogens is 2. The lowest BCUT2D eigenvalue weighted by Gasteiger charge is -2.00. The van der Waals surface area contributed by atoms with E-state index in [9.17, 15) is 8.78 Å². The second-order valence-corrected chi connectivity index (χ2v) is 3.58. The summed E-state index contributed by atoms with van der Waals surface area (Å²) in [5, 5.41) is 0. The molecule has 0 saturated carbocycles. The molecule has 0 unspecified atom stereocenters. The molecule has 2 heteroatoms. The lowest BCUT2D eigenvalue weighted by molar-refractivity contribution is 0.426. The molecule has 0 amide bonds. The van der Waals surface area contributed by atoms with Gasteiger partial charge in [-0.15, -0.1) is 0 Å². The SMILES string of the molecule is CCCC/C=C/C(=C(F)F)c1ccccc1. The Hall–Kier alpha value is -1.44. The first-order valence-electron chi connectivity index (χ1n) is 5.53. The highest BCUT2D eigenvalue weighted by molar-refractivity contribution is 5.74. The molecule has 86 valence electrons. The van der Waals surface area contributed by atoms with Crippen molar-refractivity contribution in [3.05, 3.63) is 54.1 Å². The second kappa shape index (κ2) is 6.94. The van der Waals surface area contributed by atoms with Crippen molar-refractivity contribution in [2.75, 3.05) is 0 Å². The summed E-state index contributed by atoms with van der Waals surface area (Å²) in [5.41, 5.74) is 0.590. The largest absolute Gasteiger partial charge is 0.278 e. The van der Waals surface area contributed by atoms with Crippen LogP contribution in [-0.4, -0.2) is 0 Å². The molecule has 0 aliphatic heterocycles. The van der Waals surface area contributed by atoms with Crippen molar-refractivity contribution in [2.24, 2.45) is 0 Å². The zero-order chi connectivity index (χ0) is 11.8. The first-order chi connectivity index (χ1) is 7.75. The molecule has 0 nitrogen and oxygen atoms in total. The third-order valence-electron chi connectivity index (χ3n) is 2.30. The van der Waals surface area contributed by atoms with E-state index in [1.165, 1.54) is 6.08 Å². The average Bonchev–Trinajstić information content (AvgIpc) is 2.30. The number of allylic oxidation sites excluding steroid dienone is 3. The molecule has 0 aliphatic rings. The van der Waals surface area contributed by atoms with E-state index >= 15 is 0 Å². The Bertz CT molecular complexity index is 360. The molecule has 0 heterocycles. The molecule has 0 aliphatic carbocycles. The quantitative estimate of drug-likeness (QED) is 0.483. The van der Waals surface area contributed by atoms with Crippen LogP contribution in [0.5, 0.6) is 0 Å². The minimum atomic E-state index is -1.63. The molecule has 0 atom stereocenters. The van der Waals surface area contributed by atoms with Crippen LogP contribution in [-0.2, 0) is 0 Å². The van der Waals surface area contributed by atoms with Gasteiger partial charge in [-0.1, -0.05) is 62.2 Å². The first-order valence-corrected chi connectivity index (χ1v) is 5.53. The number of unbranched alkanes of at least 4 members (excludes halogenated alkanes) is 2. The number of hydrogen-bond acceptors (Lipinski definition) is 0. The maximum absolute atomic E-state index is 12.7. The van der Waals surface area contributed by atoms with Gasteiger partial charge in [0.05, 0.1) is 0 Å². The molecular weight excluding hydrogens is 206 g/mol. The molecule has 1 rings (SSSR count). The van der Waals surface area contributed by atoms with Crippen molar-refractivity contribution in [2.45, 2.75) is 26.2 Å². The summed E-state index contributed by atoms with van der Waals surface area (Å²) in [5.74, 6) is 0. The lowest BCUT2D eigenvalue weighted by atomic mass is 10.1. The zero-order valence-corrected chi connectivity index (χ0v) is 9.42. The summed E-state index contributed by atoms with van der Waals surface area (Å²) < 4.78 is 25.4. The molecule has 1 aromatic carbocycles. The monoisotopic (exact) mass is 222 g/mol. The van der Waals surface area contributed by atoms with Crippen LogP contribution in [0.15, 0.2) is 48.6 Å². The Kier molecular flexibility index (Phi) is 5.48. The normalized spacial score (nSPS) is 10.7. The van der Waals surface area contributed by atoms with Gasteiger partial charge in [0.15, 0.2) is 0 Å². The first kappa shape index (κ1) is 12.6. The summed E-state index contributed by atoms with van der Waals surface area (Å²) in [4.78, 5) is 0. The smallest absolute Gasteiger partial charge is 0.173 e. The van der Waals surface area contributed by atoms with E-state index in [1.807, 2.05) is 12.1 Å². The predicted octanol–water partition coefficient (Wildman–Crippen LogP) is 5.04. The number of hydrogen-bond donors (Lipinski definition) is 0. The topological polar surface area (TPSA) is 0 Å². The fourth-order valence-corrected chi connectivity index (χ4v) is 1.41. The van der Waals surface area contributed by atoms with Crippen LogP contribution in [0.2, 0.25) is 0 Å². The average molecular weight is 222 g/mol. The molecule has 0 fully saturated rings. The van der Waals surface area contributed by atoms with Crippen LogP contribution < -0.4 is 0 Å². The fraction of sp³-hybridized carbons (Fsp3) is 0.286. The molecule has 1 aromatic rings.